The maximum atomic E-state index is 14.1. The average Bonchev–Trinajstić information content (AvgIpc) is 3.29. The van der Waals surface area contributed by atoms with Gasteiger partial charge in [0.25, 0.3) is 5.56 Å². The van der Waals surface area contributed by atoms with Crippen LogP contribution in [-0.2, 0) is 16.1 Å². The van der Waals surface area contributed by atoms with E-state index in [2.05, 4.69) is 50.2 Å². The minimum Gasteiger partial charge on any atom is -0.497 e. The number of aromatic nitrogens is 1. The van der Waals surface area contributed by atoms with E-state index in [1.807, 2.05) is 48.5 Å². The molecule has 0 saturated heterocycles. The van der Waals surface area contributed by atoms with E-state index >= 15 is 0 Å². The highest BCUT2D eigenvalue weighted by molar-refractivity contribution is 14.1. The molecule has 0 fully saturated rings. The number of fused-ring (bicyclic) bond motifs is 1. The van der Waals surface area contributed by atoms with Gasteiger partial charge in [-0.1, -0.05) is 41.7 Å². The first kappa shape index (κ1) is 31.3. The molecule has 0 saturated carbocycles. The van der Waals surface area contributed by atoms with E-state index in [1.54, 1.807) is 50.8 Å². The van der Waals surface area contributed by atoms with Gasteiger partial charge in [0.05, 0.1) is 43.8 Å². The fraction of sp³-hybridized carbons (Fsp3) is 0.219. The van der Waals surface area contributed by atoms with E-state index in [0.29, 0.717) is 38.7 Å². The molecule has 2 heterocycles. The third-order valence-electron chi connectivity index (χ3n) is 6.79. The van der Waals surface area contributed by atoms with Gasteiger partial charge in [0.2, 0.25) is 0 Å². The molecule has 3 aromatic carbocycles. The highest BCUT2D eigenvalue weighted by Crippen LogP contribution is 2.38. The van der Waals surface area contributed by atoms with Gasteiger partial charge in [0, 0.05) is 5.56 Å². The molecule has 1 aromatic heterocycles. The number of halogens is 2. The van der Waals surface area contributed by atoms with Gasteiger partial charge >= 0.3 is 5.97 Å². The highest BCUT2D eigenvalue weighted by atomic mass is 127. The SMILES string of the molecule is CCOC(=O)C1=C(C)N=c2s/c(=C\c3cc(I)c(OCc4ccccc4)c(I)c3)c(=O)n2C1c1cc(OC)ccc1OC. The van der Waals surface area contributed by atoms with E-state index < -0.39 is 12.0 Å². The van der Waals surface area contributed by atoms with E-state index in [1.165, 1.54) is 11.3 Å². The predicted octanol–water partition coefficient (Wildman–Crippen LogP) is 5.60. The predicted molar refractivity (Wildman–Crippen MR) is 183 cm³/mol. The zero-order valence-corrected chi connectivity index (χ0v) is 29.0. The summed E-state index contributed by atoms with van der Waals surface area (Å²) in [6, 6.07) is 18.4. The Morgan fingerprint density at radius 3 is 2.42 bits per heavy atom. The number of nitrogens with zero attached hydrogens (tertiary/aromatic N) is 2. The van der Waals surface area contributed by atoms with Crippen molar-refractivity contribution < 1.29 is 23.7 Å². The molecule has 222 valence electrons. The molecule has 4 aromatic rings. The van der Waals surface area contributed by atoms with E-state index in [4.69, 9.17) is 18.9 Å². The largest absolute Gasteiger partial charge is 0.497 e. The molecule has 0 bridgehead atoms. The van der Waals surface area contributed by atoms with Crippen molar-refractivity contribution in [1.82, 2.24) is 4.57 Å². The Balaban J connectivity index is 1.62. The quantitative estimate of drug-likeness (QED) is 0.162. The molecule has 0 aliphatic carbocycles. The molecular weight excluding hydrogens is 794 g/mol. The third kappa shape index (κ3) is 6.53. The second kappa shape index (κ2) is 13.6. The fourth-order valence-electron chi connectivity index (χ4n) is 4.82. The summed E-state index contributed by atoms with van der Waals surface area (Å²) in [6.45, 7) is 4.14. The van der Waals surface area contributed by atoms with E-state index in [0.717, 1.165) is 24.0 Å². The smallest absolute Gasteiger partial charge is 0.338 e. The molecule has 8 nitrogen and oxygen atoms in total. The molecule has 0 radical (unpaired) electrons. The first-order valence-electron chi connectivity index (χ1n) is 13.3. The number of carbonyl (C=O) groups excluding carboxylic acids is 1. The van der Waals surface area contributed by atoms with Crippen LogP contribution in [0.3, 0.4) is 0 Å². The van der Waals surface area contributed by atoms with Gasteiger partial charge in [-0.15, -0.1) is 0 Å². The molecule has 1 atom stereocenters. The van der Waals surface area contributed by atoms with Gasteiger partial charge in [-0.25, -0.2) is 9.79 Å². The van der Waals surface area contributed by atoms with Gasteiger partial charge in [0.15, 0.2) is 4.80 Å². The Kier molecular flexibility index (Phi) is 9.92. The number of ether oxygens (including phenoxy) is 4. The maximum absolute atomic E-state index is 14.1. The standard InChI is InChI=1S/C32H28I2N2O6S/c1-5-41-31(38)27-18(2)35-32-36(28(27)22-16-21(39-3)11-12-25(22)40-4)30(37)26(43-32)15-20-13-23(33)29(24(34)14-20)42-17-19-9-7-6-8-10-19/h6-16,28H,5,17H2,1-4H3/b26-15-. The second-order valence-corrected chi connectivity index (χ2v) is 12.8. The summed E-state index contributed by atoms with van der Waals surface area (Å²) in [5.41, 5.74) is 3.00. The first-order chi connectivity index (χ1) is 20.7. The van der Waals surface area contributed by atoms with Gasteiger partial charge in [-0.05, 0) is 107 Å². The lowest BCUT2D eigenvalue weighted by molar-refractivity contribution is -0.139. The fourth-order valence-corrected chi connectivity index (χ4v) is 7.99. The van der Waals surface area contributed by atoms with Crippen LogP contribution >= 0.6 is 56.5 Å². The number of esters is 1. The molecule has 1 unspecified atom stereocenters. The van der Waals surface area contributed by atoms with Crippen LogP contribution in [0.25, 0.3) is 6.08 Å². The Morgan fingerprint density at radius 2 is 1.77 bits per heavy atom. The Hall–Kier alpha value is -3.17. The normalized spacial score (nSPS) is 14.7. The molecular formula is C32H28I2N2O6S. The number of methoxy groups -OCH3 is 2. The van der Waals surface area contributed by atoms with Crippen molar-refractivity contribution >= 4 is 68.6 Å². The van der Waals surface area contributed by atoms with Crippen molar-refractivity contribution in [3.8, 4) is 17.2 Å². The molecule has 0 spiro atoms. The minimum absolute atomic E-state index is 0.185. The average molecular weight is 822 g/mol. The van der Waals surface area contributed by atoms with Crippen LogP contribution in [-0.4, -0.2) is 31.4 Å². The highest BCUT2D eigenvalue weighted by Gasteiger charge is 2.35. The molecule has 0 amide bonds. The summed E-state index contributed by atoms with van der Waals surface area (Å²) in [4.78, 5) is 32.5. The number of hydrogen-bond donors (Lipinski definition) is 0. The lowest BCUT2D eigenvalue weighted by atomic mass is 9.94. The van der Waals surface area contributed by atoms with Crippen LogP contribution in [0.1, 0.15) is 36.6 Å². The Morgan fingerprint density at radius 1 is 1.05 bits per heavy atom. The van der Waals surface area contributed by atoms with Crippen molar-refractivity contribution in [3.05, 3.63) is 115 Å². The molecule has 1 aliphatic rings. The lowest BCUT2D eigenvalue weighted by Crippen LogP contribution is -2.40. The van der Waals surface area contributed by atoms with Crippen molar-refractivity contribution in [2.75, 3.05) is 20.8 Å². The number of benzene rings is 3. The van der Waals surface area contributed by atoms with Crippen LogP contribution in [0.5, 0.6) is 17.2 Å². The third-order valence-corrected chi connectivity index (χ3v) is 9.38. The second-order valence-electron chi connectivity index (χ2n) is 9.50. The monoisotopic (exact) mass is 822 g/mol. The lowest BCUT2D eigenvalue weighted by Gasteiger charge is -2.26. The van der Waals surface area contributed by atoms with Gasteiger partial charge in [-0.2, -0.15) is 0 Å². The zero-order chi connectivity index (χ0) is 30.7. The molecule has 43 heavy (non-hydrogen) atoms. The van der Waals surface area contributed by atoms with Crippen LogP contribution in [0, 0.1) is 7.14 Å². The summed E-state index contributed by atoms with van der Waals surface area (Å²) in [7, 11) is 3.11. The Labute approximate surface area is 279 Å². The first-order valence-corrected chi connectivity index (χ1v) is 16.3. The number of allylic oxidation sites excluding steroid dienone is 1. The summed E-state index contributed by atoms with van der Waals surface area (Å²) in [6.07, 6.45) is 1.85. The van der Waals surface area contributed by atoms with Gasteiger partial charge in [-0.3, -0.25) is 9.36 Å². The van der Waals surface area contributed by atoms with Crippen molar-refractivity contribution in [2.24, 2.45) is 4.99 Å². The summed E-state index contributed by atoms with van der Waals surface area (Å²) < 4.78 is 26.6. The minimum atomic E-state index is -0.823. The van der Waals surface area contributed by atoms with Crippen LogP contribution in [0.2, 0.25) is 0 Å². The molecule has 5 rings (SSSR count). The van der Waals surface area contributed by atoms with Crippen molar-refractivity contribution in [2.45, 2.75) is 26.5 Å². The van der Waals surface area contributed by atoms with Crippen molar-refractivity contribution in [3.63, 3.8) is 0 Å². The van der Waals surface area contributed by atoms with Crippen molar-refractivity contribution in [1.29, 1.82) is 0 Å². The number of rotatable bonds is 9. The molecule has 1 aliphatic heterocycles. The van der Waals surface area contributed by atoms with Gasteiger partial charge < -0.3 is 18.9 Å². The molecule has 11 heteroatoms. The molecule has 0 N–H and O–H groups in total. The Bertz CT molecular complexity index is 1880. The summed E-state index contributed by atoms with van der Waals surface area (Å²) in [5, 5.41) is 0. The zero-order valence-electron chi connectivity index (χ0n) is 23.9. The summed E-state index contributed by atoms with van der Waals surface area (Å²) >= 11 is 5.78. The van der Waals surface area contributed by atoms with E-state index in [-0.39, 0.29) is 17.7 Å². The topological polar surface area (TPSA) is 88.4 Å². The number of thiazole rings is 1. The maximum Gasteiger partial charge on any atom is 0.338 e. The van der Waals surface area contributed by atoms with Crippen LogP contribution in [0.4, 0.5) is 0 Å². The van der Waals surface area contributed by atoms with Crippen LogP contribution in [0.15, 0.2) is 81.7 Å². The summed E-state index contributed by atoms with van der Waals surface area (Å²) in [5.74, 6) is 1.33. The van der Waals surface area contributed by atoms with Crippen LogP contribution < -0.4 is 29.1 Å². The number of carbonyl (C=O) groups is 1. The van der Waals surface area contributed by atoms with E-state index in [9.17, 15) is 9.59 Å². The number of hydrogen-bond acceptors (Lipinski definition) is 8. The van der Waals surface area contributed by atoms with Gasteiger partial charge in [0.1, 0.15) is 29.9 Å².